The Morgan fingerprint density at radius 1 is 0.182 bits per heavy atom. The van der Waals surface area contributed by atoms with E-state index >= 15 is 0 Å². The van der Waals surface area contributed by atoms with E-state index in [9.17, 15) is 0 Å². The molecule has 0 bridgehead atoms. The minimum atomic E-state index is 0.0770. The van der Waals surface area contributed by atoms with Crippen molar-refractivity contribution in [2.75, 3.05) is 19.6 Å². The standard InChI is InChI=1S/C62H58N4/c1-61(2,3)47-27-31-53(32-28-47)63(49-19-11-7-12-20-49)55-35-39-57(40-36-55)65(51-23-15-9-16-24-51)59-43-45-60(46-44-59)66(52-25-17-10-18-26-52)58-41-37-56(38-42-58)64(50-21-13-8-14-22-50)54-33-29-48(30-34-54)62(4,5)6/h7-46H,1-6H3. The molecule has 66 heavy (non-hydrogen) atoms. The summed E-state index contributed by atoms with van der Waals surface area (Å²) in [6, 6.07) is 87.1. The first kappa shape index (κ1) is 43.4. The molecule has 0 fully saturated rings. The Kier molecular flexibility index (Phi) is 12.3. The van der Waals surface area contributed by atoms with Gasteiger partial charge in [0.25, 0.3) is 0 Å². The second-order valence-electron chi connectivity index (χ2n) is 18.8. The third-order valence-electron chi connectivity index (χ3n) is 12.1. The van der Waals surface area contributed by atoms with E-state index in [0.29, 0.717) is 0 Å². The molecule has 9 aromatic rings. The molecule has 0 atom stereocenters. The van der Waals surface area contributed by atoms with Crippen molar-refractivity contribution in [2.45, 2.75) is 52.4 Å². The van der Waals surface area contributed by atoms with Gasteiger partial charge in [-0.15, -0.1) is 0 Å². The van der Waals surface area contributed by atoms with Gasteiger partial charge < -0.3 is 19.6 Å². The molecule has 0 saturated carbocycles. The highest BCUT2D eigenvalue weighted by atomic mass is 15.2. The van der Waals surface area contributed by atoms with Crippen LogP contribution in [0.25, 0.3) is 0 Å². The van der Waals surface area contributed by atoms with Crippen molar-refractivity contribution in [3.8, 4) is 0 Å². The van der Waals surface area contributed by atoms with Gasteiger partial charge in [0, 0.05) is 68.2 Å². The zero-order chi connectivity index (χ0) is 45.7. The highest BCUT2D eigenvalue weighted by Crippen LogP contribution is 2.43. The molecule has 4 nitrogen and oxygen atoms in total. The van der Waals surface area contributed by atoms with E-state index in [2.05, 4.69) is 304 Å². The predicted molar refractivity (Wildman–Crippen MR) is 283 cm³/mol. The van der Waals surface area contributed by atoms with Crippen LogP contribution in [0.3, 0.4) is 0 Å². The highest BCUT2D eigenvalue weighted by Gasteiger charge is 2.21. The Morgan fingerprint density at radius 3 is 0.470 bits per heavy atom. The summed E-state index contributed by atoms with van der Waals surface area (Å²) >= 11 is 0. The van der Waals surface area contributed by atoms with Crippen LogP contribution < -0.4 is 19.6 Å². The van der Waals surface area contributed by atoms with Gasteiger partial charge in [0.15, 0.2) is 0 Å². The van der Waals surface area contributed by atoms with Crippen molar-refractivity contribution in [3.63, 3.8) is 0 Å². The second-order valence-corrected chi connectivity index (χ2v) is 18.8. The second kappa shape index (κ2) is 18.7. The van der Waals surface area contributed by atoms with Gasteiger partial charge in [0.2, 0.25) is 0 Å². The molecule has 0 spiro atoms. The minimum Gasteiger partial charge on any atom is -0.311 e. The largest absolute Gasteiger partial charge is 0.311 e. The third-order valence-corrected chi connectivity index (χ3v) is 12.1. The number of hydrogen-bond donors (Lipinski definition) is 0. The molecule has 0 unspecified atom stereocenters. The van der Waals surface area contributed by atoms with Gasteiger partial charge in [-0.3, -0.25) is 0 Å². The molecular weight excluding hydrogens is 801 g/mol. The van der Waals surface area contributed by atoms with E-state index < -0.39 is 0 Å². The molecule has 0 aliphatic carbocycles. The summed E-state index contributed by atoms with van der Waals surface area (Å²) in [5.41, 5.74) is 15.9. The maximum Gasteiger partial charge on any atom is 0.0463 e. The molecular formula is C62H58N4. The lowest BCUT2D eigenvalue weighted by molar-refractivity contribution is 0.590. The summed E-state index contributed by atoms with van der Waals surface area (Å²) in [5, 5.41) is 0. The van der Waals surface area contributed by atoms with Gasteiger partial charge >= 0.3 is 0 Å². The van der Waals surface area contributed by atoms with Crippen molar-refractivity contribution >= 4 is 68.2 Å². The fourth-order valence-corrected chi connectivity index (χ4v) is 8.57. The molecule has 0 saturated heterocycles. The molecule has 0 radical (unpaired) electrons. The molecule has 4 heteroatoms. The quantitative estimate of drug-likeness (QED) is 0.121. The number of rotatable bonds is 12. The van der Waals surface area contributed by atoms with E-state index in [4.69, 9.17) is 0 Å². The summed E-state index contributed by atoms with van der Waals surface area (Å²) in [5.74, 6) is 0. The van der Waals surface area contributed by atoms with E-state index in [1.54, 1.807) is 0 Å². The van der Waals surface area contributed by atoms with Crippen LogP contribution in [-0.2, 0) is 10.8 Å². The predicted octanol–water partition coefficient (Wildman–Crippen LogP) is 18.2. The Labute approximate surface area is 392 Å². The van der Waals surface area contributed by atoms with Crippen molar-refractivity contribution in [2.24, 2.45) is 0 Å². The number of para-hydroxylation sites is 4. The zero-order valence-electron chi connectivity index (χ0n) is 38.9. The molecule has 9 rings (SSSR count). The maximum absolute atomic E-state index is 2.33. The van der Waals surface area contributed by atoms with Crippen molar-refractivity contribution in [1.82, 2.24) is 0 Å². The van der Waals surface area contributed by atoms with Gasteiger partial charge in [-0.2, -0.15) is 0 Å². The monoisotopic (exact) mass is 858 g/mol. The van der Waals surface area contributed by atoms with Crippen LogP contribution in [-0.4, -0.2) is 0 Å². The van der Waals surface area contributed by atoms with Gasteiger partial charge in [0.05, 0.1) is 0 Å². The van der Waals surface area contributed by atoms with Crippen LogP contribution in [0.1, 0.15) is 52.7 Å². The van der Waals surface area contributed by atoms with E-state index in [1.165, 1.54) is 11.1 Å². The first-order valence-electron chi connectivity index (χ1n) is 22.9. The Morgan fingerprint density at radius 2 is 0.318 bits per heavy atom. The van der Waals surface area contributed by atoms with Gasteiger partial charge in [-0.1, -0.05) is 139 Å². The Hall–Kier alpha value is -7.82. The summed E-state index contributed by atoms with van der Waals surface area (Å²) in [7, 11) is 0. The third kappa shape index (κ3) is 9.50. The zero-order valence-corrected chi connectivity index (χ0v) is 38.9. The van der Waals surface area contributed by atoms with Crippen molar-refractivity contribution < 1.29 is 0 Å². The number of nitrogens with zero attached hydrogens (tertiary/aromatic N) is 4. The molecule has 0 aliphatic rings. The minimum absolute atomic E-state index is 0.0770. The first-order valence-corrected chi connectivity index (χ1v) is 22.9. The van der Waals surface area contributed by atoms with Crippen molar-refractivity contribution in [3.05, 3.63) is 254 Å². The van der Waals surface area contributed by atoms with E-state index in [0.717, 1.165) is 68.2 Å². The first-order chi connectivity index (χ1) is 32.0. The maximum atomic E-state index is 2.33. The van der Waals surface area contributed by atoms with Crippen LogP contribution in [0.5, 0.6) is 0 Å². The molecule has 0 aliphatic heterocycles. The summed E-state index contributed by atoms with van der Waals surface area (Å²) < 4.78 is 0. The topological polar surface area (TPSA) is 13.0 Å². The molecule has 326 valence electrons. The van der Waals surface area contributed by atoms with Crippen LogP contribution in [0.2, 0.25) is 0 Å². The molecule has 0 heterocycles. The lowest BCUT2D eigenvalue weighted by Gasteiger charge is -2.30. The van der Waals surface area contributed by atoms with Gasteiger partial charge in [-0.05, 0) is 168 Å². The van der Waals surface area contributed by atoms with Crippen molar-refractivity contribution in [1.29, 1.82) is 0 Å². The van der Waals surface area contributed by atoms with Crippen LogP contribution in [0.15, 0.2) is 243 Å². The number of benzene rings is 9. The fourth-order valence-electron chi connectivity index (χ4n) is 8.57. The van der Waals surface area contributed by atoms with E-state index in [-0.39, 0.29) is 10.8 Å². The Balaban J connectivity index is 1.05. The lowest BCUT2D eigenvalue weighted by Crippen LogP contribution is -2.14. The SMILES string of the molecule is CC(C)(C)c1ccc(N(c2ccccc2)c2ccc(N(c3ccccc3)c3ccc(N(c4ccccc4)c4ccc(N(c5ccccc5)c5ccc(C(C)(C)C)cc5)cc4)cc3)cc2)cc1. The summed E-state index contributed by atoms with van der Waals surface area (Å²) in [6.07, 6.45) is 0. The van der Waals surface area contributed by atoms with E-state index in [1.807, 2.05) is 0 Å². The van der Waals surface area contributed by atoms with Gasteiger partial charge in [0.1, 0.15) is 0 Å². The highest BCUT2D eigenvalue weighted by molar-refractivity contribution is 5.84. The fraction of sp³-hybridized carbons (Fsp3) is 0.129. The Bertz CT molecular complexity index is 2710. The van der Waals surface area contributed by atoms with Gasteiger partial charge in [-0.25, -0.2) is 0 Å². The molecule has 0 N–H and O–H groups in total. The smallest absolute Gasteiger partial charge is 0.0463 e. The normalized spacial score (nSPS) is 11.5. The van der Waals surface area contributed by atoms with Crippen LogP contribution >= 0.6 is 0 Å². The number of hydrogen-bond acceptors (Lipinski definition) is 4. The lowest BCUT2D eigenvalue weighted by atomic mass is 9.87. The molecule has 9 aromatic carbocycles. The molecule has 0 amide bonds. The average molecular weight is 859 g/mol. The summed E-state index contributed by atoms with van der Waals surface area (Å²) in [6.45, 7) is 13.5. The van der Waals surface area contributed by atoms with Crippen LogP contribution in [0, 0.1) is 0 Å². The average Bonchev–Trinajstić information content (AvgIpc) is 3.34. The molecule has 0 aromatic heterocycles. The number of anilines is 12. The summed E-state index contributed by atoms with van der Waals surface area (Å²) in [4.78, 5) is 9.30. The van der Waals surface area contributed by atoms with Crippen LogP contribution in [0.4, 0.5) is 68.2 Å².